The molecule has 0 saturated carbocycles. The number of alkyl halides is 8. The number of halogens is 8. The van der Waals surface area contributed by atoms with Gasteiger partial charge in [-0.05, 0) is 0 Å². The summed E-state index contributed by atoms with van der Waals surface area (Å²) < 4.78 is 32.7. The molecule has 1 aliphatic rings. The van der Waals surface area contributed by atoms with Gasteiger partial charge in [-0.25, -0.2) is 0 Å². The van der Waals surface area contributed by atoms with Gasteiger partial charge in [0.1, 0.15) is 6.67 Å². The number of hydrazone groups is 1. The lowest BCUT2D eigenvalue weighted by Gasteiger charge is -2.37. The normalized spacial score (nSPS) is 18.5. The lowest BCUT2D eigenvalue weighted by atomic mass is 10.4. The number of hydrogen-bond donors (Lipinski definition) is 1. The zero-order valence-corrected chi connectivity index (χ0v) is 10.9. The minimum atomic E-state index is -4.76. The summed E-state index contributed by atoms with van der Waals surface area (Å²) in [5.41, 5.74) is 2.06. The Kier molecular flexibility index (Phi) is 3.93. The van der Waals surface area contributed by atoms with Crippen LogP contribution in [0.1, 0.15) is 0 Å². The summed E-state index contributed by atoms with van der Waals surface area (Å²) in [6.07, 6.45) is -4.76. The third kappa shape index (κ3) is 2.67. The average molecular weight is 339 g/mol. The maximum Gasteiger partial charge on any atom is 0.451 e. The van der Waals surface area contributed by atoms with E-state index in [0.29, 0.717) is 4.90 Å². The Labute approximate surface area is 113 Å². The topological polar surface area (TPSA) is 27.6 Å². The van der Waals surface area contributed by atoms with Crippen LogP contribution in [0, 0.1) is 0 Å². The van der Waals surface area contributed by atoms with Gasteiger partial charge >= 0.3 is 6.18 Å². The van der Waals surface area contributed by atoms with Gasteiger partial charge in [0.25, 0.3) is 0 Å². The van der Waals surface area contributed by atoms with Gasteiger partial charge in [0.15, 0.2) is 0 Å². The Morgan fingerprint density at radius 2 is 1.62 bits per heavy atom. The standard InChI is InChI=1S/C5H3Cl5F3N3/c6-4(7,8)5(9,10)16-1-14-15-2(16)3(11,12)13/h14H,1H2. The van der Waals surface area contributed by atoms with Gasteiger partial charge in [-0.15, -0.1) is 0 Å². The van der Waals surface area contributed by atoms with Crippen molar-refractivity contribution >= 4 is 63.8 Å². The highest BCUT2D eigenvalue weighted by molar-refractivity contribution is 6.75. The third-order valence-electron chi connectivity index (χ3n) is 1.60. The Bertz CT molecular complexity index is 309. The van der Waals surface area contributed by atoms with Crippen molar-refractivity contribution in [1.29, 1.82) is 0 Å². The zero-order valence-electron chi connectivity index (χ0n) is 7.13. The molecule has 3 nitrogen and oxygen atoms in total. The fourth-order valence-electron chi connectivity index (χ4n) is 0.918. The zero-order chi connectivity index (χ0) is 12.8. The van der Waals surface area contributed by atoms with Crippen LogP contribution in [0.15, 0.2) is 5.10 Å². The molecule has 1 heterocycles. The Morgan fingerprint density at radius 3 is 2.00 bits per heavy atom. The van der Waals surface area contributed by atoms with Gasteiger partial charge in [-0.3, -0.25) is 10.3 Å². The quantitative estimate of drug-likeness (QED) is 0.587. The summed E-state index contributed by atoms with van der Waals surface area (Å²) in [5.74, 6) is -1.36. The maximum atomic E-state index is 12.5. The maximum absolute atomic E-state index is 12.5. The van der Waals surface area contributed by atoms with E-state index in [-0.39, 0.29) is 0 Å². The molecule has 16 heavy (non-hydrogen) atoms. The van der Waals surface area contributed by atoms with Crippen molar-refractivity contribution < 1.29 is 13.2 Å². The Balaban J connectivity index is 3.03. The molecule has 0 atom stereocenters. The molecular formula is C5H3Cl5F3N3. The predicted octanol–water partition coefficient (Wildman–Crippen LogP) is 3.23. The molecule has 0 bridgehead atoms. The molecule has 11 heteroatoms. The van der Waals surface area contributed by atoms with Crippen LogP contribution in [0.4, 0.5) is 13.2 Å². The van der Waals surface area contributed by atoms with E-state index >= 15 is 0 Å². The molecule has 1 N–H and O–H groups in total. The second-order valence-electron chi connectivity index (χ2n) is 2.72. The summed E-state index contributed by atoms with van der Waals surface area (Å²) in [4.78, 5) is 0.406. The first kappa shape index (κ1) is 14.6. The number of rotatable bonds is 1. The van der Waals surface area contributed by atoms with E-state index in [4.69, 9.17) is 58.0 Å². The van der Waals surface area contributed by atoms with Crippen LogP contribution in [-0.2, 0) is 0 Å². The van der Waals surface area contributed by atoms with Gasteiger partial charge in [-0.2, -0.15) is 18.3 Å². The van der Waals surface area contributed by atoms with E-state index in [1.54, 1.807) is 0 Å². The molecule has 0 aromatic heterocycles. The summed E-state index contributed by atoms with van der Waals surface area (Å²) in [6.45, 7) is -0.421. The monoisotopic (exact) mass is 337 g/mol. The molecule has 0 aliphatic carbocycles. The first-order chi connectivity index (χ1) is 6.98. The third-order valence-corrected chi connectivity index (χ3v) is 3.98. The predicted molar refractivity (Wildman–Crippen MR) is 58.1 cm³/mol. The Morgan fingerprint density at radius 1 is 1.12 bits per heavy atom. The second-order valence-corrected chi connectivity index (χ2v) is 6.29. The van der Waals surface area contributed by atoms with Gasteiger partial charge < -0.3 is 0 Å². The van der Waals surface area contributed by atoms with Gasteiger partial charge in [0, 0.05) is 0 Å². The van der Waals surface area contributed by atoms with Crippen LogP contribution >= 0.6 is 58.0 Å². The van der Waals surface area contributed by atoms with Crippen molar-refractivity contribution in [3.63, 3.8) is 0 Å². The van der Waals surface area contributed by atoms with E-state index in [1.165, 1.54) is 0 Å². The molecule has 1 rings (SSSR count). The fraction of sp³-hybridized carbons (Fsp3) is 0.800. The molecule has 0 unspecified atom stereocenters. The van der Waals surface area contributed by atoms with Crippen molar-refractivity contribution in [3.8, 4) is 0 Å². The van der Waals surface area contributed by atoms with Gasteiger partial charge in [-0.1, -0.05) is 58.0 Å². The lowest BCUT2D eigenvalue weighted by Crippen LogP contribution is -2.54. The van der Waals surface area contributed by atoms with E-state index in [9.17, 15) is 13.2 Å². The molecule has 0 amide bonds. The van der Waals surface area contributed by atoms with Crippen LogP contribution in [0.25, 0.3) is 0 Å². The highest BCUT2D eigenvalue weighted by Gasteiger charge is 2.57. The molecule has 0 aromatic carbocycles. The smallest absolute Gasteiger partial charge is 0.297 e. The summed E-state index contributed by atoms with van der Waals surface area (Å²) >= 11 is 27.4. The van der Waals surface area contributed by atoms with Crippen LogP contribution < -0.4 is 5.43 Å². The SMILES string of the molecule is FC(F)(F)C1=NNCN1C(Cl)(Cl)C(Cl)(Cl)Cl. The number of amidine groups is 1. The summed E-state index contributed by atoms with van der Waals surface area (Å²) in [6, 6.07) is 0. The molecule has 94 valence electrons. The van der Waals surface area contributed by atoms with E-state index in [0.717, 1.165) is 0 Å². The van der Waals surface area contributed by atoms with Crippen molar-refractivity contribution in [1.82, 2.24) is 10.3 Å². The van der Waals surface area contributed by atoms with Crippen molar-refractivity contribution in [2.45, 2.75) is 14.4 Å². The largest absolute Gasteiger partial charge is 0.451 e. The molecule has 0 saturated heterocycles. The highest BCUT2D eigenvalue weighted by Crippen LogP contribution is 2.49. The van der Waals surface area contributed by atoms with Crippen LogP contribution in [-0.4, -0.2) is 31.8 Å². The van der Waals surface area contributed by atoms with Gasteiger partial charge in [0.2, 0.25) is 14.1 Å². The van der Waals surface area contributed by atoms with Crippen molar-refractivity contribution in [3.05, 3.63) is 0 Å². The molecule has 0 aromatic rings. The molecule has 1 aliphatic heterocycles. The second kappa shape index (κ2) is 4.31. The number of hydrogen-bond acceptors (Lipinski definition) is 3. The number of nitrogens with one attached hydrogen (secondary N) is 1. The average Bonchev–Trinajstić information content (AvgIpc) is 2.47. The highest BCUT2D eigenvalue weighted by atomic mass is 35.6. The lowest BCUT2D eigenvalue weighted by molar-refractivity contribution is -0.0684. The molecule has 0 fully saturated rings. The van der Waals surface area contributed by atoms with Crippen LogP contribution in [0.3, 0.4) is 0 Å². The van der Waals surface area contributed by atoms with Crippen LogP contribution in [0.2, 0.25) is 0 Å². The molecular weight excluding hydrogens is 336 g/mol. The fourth-order valence-corrected chi connectivity index (χ4v) is 1.50. The van der Waals surface area contributed by atoms with Crippen molar-refractivity contribution in [2.75, 3.05) is 6.67 Å². The van der Waals surface area contributed by atoms with Gasteiger partial charge in [0.05, 0.1) is 0 Å². The first-order valence-electron chi connectivity index (χ1n) is 3.58. The van der Waals surface area contributed by atoms with E-state index < -0.39 is 26.9 Å². The van der Waals surface area contributed by atoms with Crippen LogP contribution in [0.5, 0.6) is 0 Å². The number of nitrogens with zero attached hydrogens (tertiary/aromatic N) is 2. The summed E-state index contributed by atoms with van der Waals surface area (Å²) in [7, 11) is 0. The minimum absolute atomic E-state index is 0.406. The van der Waals surface area contributed by atoms with E-state index in [2.05, 4.69) is 10.5 Å². The molecule has 0 radical (unpaired) electrons. The van der Waals surface area contributed by atoms with E-state index in [1.807, 2.05) is 0 Å². The Hall–Kier alpha value is 0.510. The first-order valence-corrected chi connectivity index (χ1v) is 5.47. The minimum Gasteiger partial charge on any atom is -0.297 e. The van der Waals surface area contributed by atoms with Crippen molar-refractivity contribution in [2.24, 2.45) is 5.10 Å². The summed E-state index contributed by atoms with van der Waals surface area (Å²) in [5, 5.41) is 2.99. The molecule has 0 spiro atoms.